The Hall–Kier alpha value is -1.38. The third kappa shape index (κ3) is 2.96. The van der Waals surface area contributed by atoms with Crippen LogP contribution in [0.25, 0.3) is 0 Å². The zero-order valence-corrected chi connectivity index (χ0v) is 11.8. The topological polar surface area (TPSA) is 79.8 Å². The van der Waals surface area contributed by atoms with E-state index in [0.717, 1.165) is 37.7 Å². The molecule has 0 unspecified atom stereocenters. The van der Waals surface area contributed by atoms with Crippen LogP contribution in [0.1, 0.15) is 34.1 Å². The molecule has 2 N–H and O–H groups in total. The van der Waals surface area contributed by atoms with Gasteiger partial charge in [0, 0.05) is 11.1 Å². The molecule has 0 spiro atoms. The summed E-state index contributed by atoms with van der Waals surface area (Å²) < 4.78 is 7.71. The van der Waals surface area contributed by atoms with Crippen molar-refractivity contribution < 1.29 is 4.79 Å². The normalized spacial score (nSPS) is 16.4. The van der Waals surface area contributed by atoms with Crippen LogP contribution >= 0.6 is 23.1 Å². The molecule has 3 heterocycles. The van der Waals surface area contributed by atoms with Crippen LogP contribution in [0.3, 0.4) is 0 Å². The highest BCUT2D eigenvalue weighted by Crippen LogP contribution is 2.31. The lowest BCUT2D eigenvalue weighted by Gasteiger charge is -2.20. The predicted octanol–water partition coefficient (Wildman–Crippen LogP) is 1.71. The van der Waals surface area contributed by atoms with Crippen LogP contribution in [-0.4, -0.2) is 32.7 Å². The van der Waals surface area contributed by atoms with Gasteiger partial charge in [0.05, 0.1) is 17.9 Å². The molecular formula is C11H13N5OS2. The summed E-state index contributed by atoms with van der Waals surface area (Å²) in [6.45, 7) is 2.10. The van der Waals surface area contributed by atoms with Crippen LogP contribution in [-0.2, 0) is 0 Å². The molecule has 2 aromatic rings. The lowest BCUT2D eigenvalue weighted by atomic mass is 9.97. The molecule has 8 heteroatoms. The van der Waals surface area contributed by atoms with Crippen molar-refractivity contribution in [2.45, 2.75) is 18.8 Å². The molecule has 0 atom stereocenters. The van der Waals surface area contributed by atoms with Crippen molar-refractivity contribution in [2.75, 3.05) is 18.4 Å². The number of amides is 1. The molecule has 3 rings (SSSR count). The van der Waals surface area contributed by atoms with Gasteiger partial charge in [0.1, 0.15) is 0 Å². The van der Waals surface area contributed by atoms with Crippen LogP contribution in [0.5, 0.6) is 0 Å². The van der Waals surface area contributed by atoms with E-state index in [0.29, 0.717) is 16.7 Å². The fourth-order valence-corrected chi connectivity index (χ4v) is 3.46. The molecular weight excluding hydrogens is 282 g/mol. The quantitative estimate of drug-likeness (QED) is 0.901. The van der Waals surface area contributed by atoms with Crippen LogP contribution in [0.4, 0.5) is 5.13 Å². The molecule has 1 aliphatic heterocycles. The van der Waals surface area contributed by atoms with E-state index in [1.54, 1.807) is 11.3 Å². The van der Waals surface area contributed by atoms with Gasteiger partial charge in [-0.1, -0.05) is 0 Å². The summed E-state index contributed by atoms with van der Waals surface area (Å²) in [7, 11) is 0. The molecule has 1 aliphatic rings. The van der Waals surface area contributed by atoms with Crippen molar-refractivity contribution in [1.82, 2.24) is 19.0 Å². The van der Waals surface area contributed by atoms with E-state index in [4.69, 9.17) is 0 Å². The Balaban J connectivity index is 1.66. The molecule has 1 amide bonds. The predicted molar refractivity (Wildman–Crippen MR) is 74.8 cm³/mol. The molecule has 0 saturated carbocycles. The van der Waals surface area contributed by atoms with E-state index >= 15 is 0 Å². The van der Waals surface area contributed by atoms with Gasteiger partial charge in [0.25, 0.3) is 5.91 Å². The largest absolute Gasteiger partial charge is 0.317 e. The van der Waals surface area contributed by atoms with Gasteiger partial charge >= 0.3 is 0 Å². The summed E-state index contributed by atoms with van der Waals surface area (Å²) in [5, 5.41) is 6.73. The van der Waals surface area contributed by atoms with E-state index in [9.17, 15) is 4.79 Å². The molecule has 0 aliphatic carbocycles. The maximum Gasteiger partial charge on any atom is 0.278 e. The lowest BCUT2D eigenvalue weighted by Crippen LogP contribution is -2.26. The average molecular weight is 295 g/mol. The molecule has 6 nitrogen and oxygen atoms in total. The number of aromatic nitrogens is 3. The highest BCUT2D eigenvalue weighted by Gasteiger charge is 2.18. The zero-order valence-electron chi connectivity index (χ0n) is 10.1. The Kier molecular flexibility index (Phi) is 3.81. The number of rotatable bonds is 3. The maximum atomic E-state index is 11.8. The van der Waals surface area contributed by atoms with E-state index in [2.05, 4.69) is 24.4 Å². The number of carbonyl (C=O) groups excluding carboxylic acids is 1. The molecule has 19 heavy (non-hydrogen) atoms. The monoisotopic (exact) mass is 295 g/mol. The molecule has 0 bridgehead atoms. The number of anilines is 1. The van der Waals surface area contributed by atoms with Crippen molar-refractivity contribution >= 4 is 34.1 Å². The Morgan fingerprint density at radius 1 is 1.37 bits per heavy atom. The smallest absolute Gasteiger partial charge is 0.278 e. The number of carbonyl (C=O) groups is 1. The second kappa shape index (κ2) is 5.72. The molecule has 0 radical (unpaired) electrons. The third-order valence-corrected chi connectivity index (χ3v) is 4.63. The Morgan fingerprint density at radius 3 is 2.95 bits per heavy atom. The van der Waals surface area contributed by atoms with Gasteiger partial charge < -0.3 is 5.32 Å². The average Bonchev–Trinajstić information content (AvgIpc) is 3.11. The first-order valence-electron chi connectivity index (χ1n) is 6.08. The van der Waals surface area contributed by atoms with Crippen molar-refractivity contribution in [3.63, 3.8) is 0 Å². The molecule has 0 aromatic carbocycles. The summed E-state index contributed by atoms with van der Waals surface area (Å²) in [6.07, 6.45) is 5.59. The summed E-state index contributed by atoms with van der Waals surface area (Å²) in [4.78, 5) is 17.3. The minimum absolute atomic E-state index is 0.250. The number of piperidine rings is 1. The highest BCUT2D eigenvalue weighted by molar-refractivity contribution is 7.15. The summed E-state index contributed by atoms with van der Waals surface area (Å²) in [5.74, 6) is 0.310. The van der Waals surface area contributed by atoms with Gasteiger partial charge in [-0.2, -0.15) is 8.75 Å². The first-order valence-corrected chi connectivity index (χ1v) is 7.63. The fraction of sp³-hybridized carbons (Fsp3) is 0.455. The lowest BCUT2D eigenvalue weighted by molar-refractivity contribution is 0.102. The number of nitrogens with zero attached hydrogens (tertiary/aromatic N) is 3. The number of thiazole rings is 1. The summed E-state index contributed by atoms with van der Waals surface area (Å²) in [5.41, 5.74) is 0.337. The number of hydrogen-bond acceptors (Lipinski definition) is 7. The van der Waals surface area contributed by atoms with Gasteiger partial charge in [-0.15, -0.1) is 11.3 Å². The van der Waals surface area contributed by atoms with Gasteiger partial charge in [0.15, 0.2) is 10.8 Å². The van der Waals surface area contributed by atoms with E-state index in [1.807, 2.05) is 6.20 Å². The van der Waals surface area contributed by atoms with Gasteiger partial charge in [-0.05, 0) is 31.8 Å². The maximum absolute atomic E-state index is 11.8. The van der Waals surface area contributed by atoms with Gasteiger partial charge in [-0.25, -0.2) is 4.98 Å². The molecule has 1 saturated heterocycles. The standard InChI is InChI=1S/C11H13N5OS2/c17-10(8-5-14-19-16-8)15-11-13-6-9(18-11)7-1-3-12-4-2-7/h5-7,12H,1-4H2,(H,13,15,17). The van der Waals surface area contributed by atoms with E-state index in [-0.39, 0.29) is 5.91 Å². The molecule has 100 valence electrons. The fourth-order valence-electron chi connectivity index (χ4n) is 2.07. The summed E-state index contributed by atoms with van der Waals surface area (Å²) in [6, 6.07) is 0. The second-order valence-electron chi connectivity index (χ2n) is 4.34. The number of nitrogens with one attached hydrogen (secondary N) is 2. The molecule has 1 fully saturated rings. The van der Waals surface area contributed by atoms with Crippen LogP contribution in [0, 0.1) is 0 Å². The van der Waals surface area contributed by atoms with Crippen molar-refractivity contribution in [2.24, 2.45) is 0 Å². The molecule has 2 aromatic heterocycles. The Morgan fingerprint density at radius 2 is 2.21 bits per heavy atom. The van der Waals surface area contributed by atoms with Crippen LogP contribution in [0.15, 0.2) is 12.4 Å². The Bertz CT molecular complexity index is 547. The van der Waals surface area contributed by atoms with Gasteiger partial charge in [-0.3, -0.25) is 10.1 Å². The second-order valence-corrected chi connectivity index (χ2v) is 5.96. The summed E-state index contributed by atoms with van der Waals surface area (Å²) >= 11 is 2.57. The van der Waals surface area contributed by atoms with E-state index in [1.165, 1.54) is 11.1 Å². The van der Waals surface area contributed by atoms with Crippen LogP contribution in [0.2, 0.25) is 0 Å². The first-order chi connectivity index (χ1) is 9.33. The third-order valence-electron chi connectivity index (χ3n) is 3.08. The van der Waals surface area contributed by atoms with Crippen molar-refractivity contribution in [1.29, 1.82) is 0 Å². The van der Waals surface area contributed by atoms with Crippen LogP contribution < -0.4 is 10.6 Å². The van der Waals surface area contributed by atoms with Crippen molar-refractivity contribution in [3.8, 4) is 0 Å². The zero-order chi connectivity index (χ0) is 13.1. The van der Waals surface area contributed by atoms with E-state index < -0.39 is 0 Å². The minimum atomic E-state index is -0.250. The Labute approximate surface area is 118 Å². The van der Waals surface area contributed by atoms with Gasteiger partial charge in [0.2, 0.25) is 0 Å². The number of hydrogen-bond donors (Lipinski definition) is 2. The SMILES string of the molecule is O=C(Nc1ncc(C2CCNCC2)s1)c1cnsn1. The minimum Gasteiger partial charge on any atom is -0.317 e. The van der Waals surface area contributed by atoms with Crippen molar-refractivity contribution in [3.05, 3.63) is 23.0 Å². The highest BCUT2D eigenvalue weighted by atomic mass is 32.1. The first kappa shape index (κ1) is 12.6.